The van der Waals surface area contributed by atoms with Crippen molar-refractivity contribution in [2.75, 3.05) is 0 Å². The van der Waals surface area contributed by atoms with E-state index >= 15 is 0 Å². The molecule has 6 heteroatoms. The molecular weight excluding hydrogens is 356 g/mol. The van der Waals surface area contributed by atoms with E-state index in [4.69, 9.17) is 4.74 Å². The van der Waals surface area contributed by atoms with Crippen LogP contribution in [0.4, 0.5) is 0 Å². The molecule has 2 rings (SSSR count). The number of ether oxygens (including phenoxy) is 1. The lowest BCUT2D eigenvalue weighted by atomic mass is 9.86. The molecule has 1 aliphatic rings. The van der Waals surface area contributed by atoms with Gasteiger partial charge in [-0.25, -0.2) is 8.42 Å². The van der Waals surface area contributed by atoms with Crippen molar-refractivity contribution in [3.8, 4) is 0 Å². The molecule has 1 fully saturated rings. The van der Waals surface area contributed by atoms with Crippen molar-refractivity contribution in [1.82, 2.24) is 0 Å². The summed E-state index contributed by atoms with van der Waals surface area (Å²) < 4.78 is 30.1. The van der Waals surface area contributed by atoms with Gasteiger partial charge >= 0.3 is 5.97 Å². The lowest BCUT2D eigenvalue weighted by Gasteiger charge is -2.39. The molecule has 1 atom stereocenters. The van der Waals surface area contributed by atoms with Crippen LogP contribution in [0.25, 0.3) is 0 Å². The fraction of sp³-hybridized carbons (Fsp3) is 0.533. The predicted molar refractivity (Wildman–Crippen MR) is 83.9 cm³/mol. The standard InChI is InChI=1S/C15H19BrO4S/c1-12(17)20-15(10-6-3-7-11-15)14(16)21(18,19)13-8-4-2-5-9-13/h2,4-5,8-9,14H,3,6-7,10-11H2,1H3. The molecule has 0 N–H and O–H groups in total. The maximum Gasteiger partial charge on any atom is 0.303 e. The molecule has 1 aromatic rings. The second kappa shape index (κ2) is 6.48. The van der Waals surface area contributed by atoms with E-state index in [2.05, 4.69) is 15.9 Å². The summed E-state index contributed by atoms with van der Waals surface area (Å²) in [6.07, 6.45) is 3.89. The van der Waals surface area contributed by atoms with Crippen molar-refractivity contribution in [3.05, 3.63) is 30.3 Å². The monoisotopic (exact) mass is 374 g/mol. The Morgan fingerprint density at radius 1 is 1.19 bits per heavy atom. The van der Waals surface area contributed by atoms with E-state index in [1.54, 1.807) is 30.3 Å². The molecule has 0 spiro atoms. The summed E-state index contributed by atoms with van der Waals surface area (Å²) in [5, 5.41) is 0. The third-order valence-electron chi connectivity index (χ3n) is 3.80. The molecular formula is C15H19BrO4S. The molecule has 4 nitrogen and oxygen atoms in total. The van der Waals surface area contributed by atoms with Crippen molar-refractivity contribution in [2.24, 2.45) is 0 Å². The minimum absolute atomic E-state index is 0.240. The van der Waals surface area contributed by atoms with Gasteiger partial charge in [0.05, 0.1) is 4.90 Å². The van der Waals surface area contributed by atoms with Crippen LogP contribution in [0.3, 0.4) is 0 Å². The van der Waals surface area contributed by atoms with Crippen molar-refractivity contribution in [1.29, 1.82) is 0 Å². The van der Waals surface area contributed by atoms with Crippen LogP contribution in [-0.4, -0.2) is 24.1 Å². The maximum absolute atomic E-state index is 12.8. The Balaban J connectivity index is 2.38. The van der Waals surface area contributed by atoms with Gasteiger partial charge in [-0.05, 0) is 37.8 Å². The smallest absolute Gasteiger partial charge is 0.303 e. The fourth-order valence-corrected chi connectivity index (χ4v) is 5.65. The first-order valence-electron chi connectivity index (χ1n) is 7.01. The van der Waals surface area contributed by atoms with Crippen molar-refractivity contribution in [2.45, 2.75) is 53.7 Å². The van der Waals surface area contributed by atoms with Gasteiger partial charge in [-0.1, -0.05) is 40.5 Å². The number of sulfone groups is 1. The zero-order valence-corrected chi connectivity index (χ0v) is 14.3. The minimum atomic E-state index is -3.60. The van der Waals surface area contributed by atoms with Gasteiger partial charge in [-0.2, -0.15) is 0 Å². The zero-order valence-electron chi connectivity index (χ0n) is 11.9. The Hall–Kier alpha value is -0.880. The lowest BCUT2D eigenvalue weighted by molar-refractivity contribution is -0.158. The second-order valence-electron chi connectivity index (χ2n) is 5.39. The first-order valence-corrected chi connectivity index (χ1v) is 9.47. The number of halogens is 1. The predicted octanol–water partition coefficient (Wildman–Crippen LogP) is 3.45. The van der Waals surface area contributed by atoms with Gasteiger partial charge < -0.3 is 4.74 Å². The van der Waals surface area contributed by atoms with Crippen LogP contribution in [0.15, 0.2) is 35.2 Å². The molecule has 116 valence electrons. The number of esters is 1. The number of alkyl halides is 1. The normalized spacial score (nSPS) is 19.7. The molecule has 0 aliphatic heterocycles. The molecule has 0 heterocycles. The third kappa shape index (κ3) is 3.48. The summed E-state index contributed by atoms with van der Waals surface area (Å²) in [6.45, 7) is 1.32. The van der Waals surface area contributed by atoms with Crippen LogP contribution in [0, 0.1) is 0 Å². The molecule has 0 saturated heterocycles. The van der Waals surface area contributed by atoms with E-state index in [1.807, 2.05) is 0 Å². The summed E-state index contributed by atoms with van der Waals surface area (Å²) in [4.78, 5) is 11.7. The number of benzene rings is 1. The van der Waals surface area contributed by atoms with Gasteiger partial charge in [0.2, 0.25) is 0 Å². The summed E-state index contributed by atoms with van der Waals surface area (Å²) in [5.41, 5.74) is -0.973. The minimum Gasteiger partial charge on any atom is -0.457 e. The van der Waals surface area contributed by atoms with Gasteiger partial charge in [0.15, 0.2) is 14.0 Å². The van der Waals surface area contributed by atoms with E-state index in [9.17, 15) is 13.2 Å². The van der Waals surface area contributed by atoms with Crippen LogP contribution in [0.1, 0.15) is 39.0 Å². The highest BCUT2D eigenvalue weighted by Crippen LogP contribution is 2.42. The number of carbonyl (C=O) groups excluding carboxylic acids is 1. The van der Waals surface area contributed by atoms with Crippen LogP contribution < -0.4 is 0 Å². The topological polar surface area (TPSA) is 60.4 Å². The Bertz CT molecular complexity index is 591. The summed E-state index contributed by atoms with van der Waals surface area (Å²) in [7, 11) is -3.60. The number of hydrogen-bond donors (Lipinski definition) is 0. The summed E-state index contributed by atoms with van der Waals surface area (Å²) in [5.74, 6) is -0.440. The average Bonchev–Trinajstić information content (AvgIpc) is 2.47. The zero-order chi connectivity index (χ0) is 15.5. The molecule has 0 radical (unpaired) electrons. The third-order valence-corrected chi connectivity index (χ3v) is 8.02. The van der Waals surface area contributed by atoms with Crippen molar-refractivity contribution >= 4 is 31.7 Å². The van der Waals surface area contributed by atoms with Gasteiger partial charge in [0, 0.05) is 6.92 Å². The van der Waals surface area contributed by atoms with Crippen LogP contribution in [0.5, 0.6) is 0 Å². The summed E-state index contributed by atoms with van der Waals surface area (Å²) in [6, 6.07) is 8.27. The van der Waals surface area contributed by atoms with Crippen molar-refractivity contribution < 1.29 is 17.9 Å². The van der Waals surface area contributed by atoms with Gasteiger partial charge in [-0.3, -0.25) is 4.79 Å². The van der Waals surface area contributed by atoms with Gasteiger partial charge in [0.25, 0.3) is 0 Å². The molecule has 1 unspecified atom stereocenters. The Kier molecular flexibility index (Phi) is 5.09. The SMILES string of the molecule is CC(=O)OC1(C(Br)S(=O)(=O)c2ccccc2)CCCCC1. The Morgan fingerprint density at radius 3 is 2.29 bits per heavy atom. The molecule has 1 aromatic carbocycles. The molecule has 0 amide bonds. The Morgan fingerprint density at radius 2 is 1.76 bits per heavy atom. The summed E-state index contributed by atoms with van der Waals surface area (Å²) >= 11 is 3.32. The first-order chi connectivity index (χ1) is 9.88. The van der Waals surface area contributed by atoms with Crippen LogP contribution in [0.2, 0.25) is 0 Å². The lowest BCUT2D eigenvalue weighted by Crippen LogP contribution is -2.48. The van der Waals surface area contributed by atoms with Crippen molar-refractivity contribution in [3.63, 3.8) is 0 Å². The number of rotatable bonds is 4. The molecule has 1 saturated carbocycles. The van der Waals surface area contributed by atoms with Crippen LogP contribution >= 0.6 is 15.9 Å². The van der Waals surface area contributed by atoms with E-state index < -0.39 is 25.6 Å². The maximum atomic E-state index is 12.8. The number of hydrogen-bond acceptors (Lipinski definition) is 4. The van der Waals surface area contributed by atoms with E-state index in [1.165, 1.54) is 6.92 Å². The highest BCUT2D eigenvalue weighted by molar-refractivity contribution is 9.11. The Labute approximate surface area is 133 Å². The molecule has 21 heavy (non-hydrogen) atoms. The second-order valence-corrected chi connectivity index (χ2v) is 8.95. The molecule has 0 aromatic heterocycles. The highest BCUT2D eigenvalue weighted by Gasteiger charge is 2.48. The highest BCUT2D eigenvalue weighted by atomic mass is 79.9. The quantitative estimate of drug-likeness (QED) is 0.598. The largest absolute Gasteiger partial charge is 0.457 e. The van der Waals surface area contributed by atoms with E-state index in [0.717, 1.165) is 19.3 Å². The fourth-order valence-electron chi connectivity index (χ4n) is 2.82. The van der Waals surface area contributed by atoms with E-state index in [-0.39, 0.29) is 4.90 Å². The van der Waals surface area contributed by atoms with E-state index in [0.29, 0.717) is 12.8 Å². The first kappa shape index (κ1) is 16.5. The van der Waals surface area contributed by atoms with Gasteiger partial charge in [-0.15, -0.1) is 0 Å². The van der Waals surface area contributed by atoms with Crippen LogP contribution in [-0.2, 0) is 19.4 Å². The average molecular weight is 375 g/mol. The number of carbonyl (C=O) groups is 1. The van der Waals surface area contributed by atoms with Gasteiger partial charge in [0.1, 0.15) is 5.60 Å². The molecule has 1 aliphatic carbocycles. The molecule has 0 bridgehead atoms.